The molecule has 1 atom stereocenters. The second-order valence-corrected chi connectivity index (χ2v) is 3.13. The van der Waals surface area contributed by atoms with Gasteiger partial charge in [-0.1, -0.05) is 13.0 Å². The molecule has 0 fully saturated rings. The molecule has 0 saturated heterocycles. The van der Waals surface area contributed by atoms with Crippen LogP contribution in [0.25, 0.3) is 0 Å². The highest BCUT2D eigenvalue weighted by molar-refractivity contribution is 5.10. The van der Waals surface area contributed by atoms with Crippen LogP contribution in [0.2, 0.25) is 0 Å². The second kappa shape index (κ2) is 4.87. The largest absolute Gasteiger partial charge is 0.464 e. The van der Waals surface area contributed by atoms with Crippen LogP contribution in [0.3, 0.4) is 0 Å². The van der Waals surface area contributed by atoms with Crippen molar-refractivity contribution in [3.05, 3.63) is 36.3 Å². The maximum absolute atomic E-state index is 5.91. The van der Waals surface area contributed by atoms with E-state index >= 15 is 0 Å². The van der Waals surface area contributed by atoms with E-state index in [0.29, 0.717) is 0 Å². The second-order valence-electron chi connectivity index (χ2n) is 3.13. The summed E-state index contributed by atoms with van der Waals surface area (Å²) in [6, 6.07) is 3.97. The van der Waals surface area contributed by atoms with Crippen molar-refractivity contribution in [2.24, 2.45) is 5.73 Å². The first kappa shape index (κ1) is 10.1. The Morgan fingerprint density at radius 1 is 1.62 bits per heavy atom. The highest BCUT2D eigenvalue weighted by Gasteiger charge is 2.08. The Morgan fingerprint density at radius 3 is 2.92 bits per heavy atom. The fourth-order valence-corrected chi connectivity index (χ4v) is 1.22. The maximum atomic E-state index is 5.91. The molecule has 0 bridgehead atoms. The zero-order valence-electron chi connectivity index (χ0n) is 8.12. The quantitative estimate of drug-likeness (QED) is 0.706. The molecule has 0 radical (unpaired) electrons. The van der Waals surface area contributed by atoms with E-state index in [0.717, 1.165) is 30.8 Å². The third-order valence-corrected chi connectivity index (χ3v) is 2.08. The van der Waals surface area contributed by atoms with Crippen LogP contribution in [0, 0.1) is 0 Å². The van der Waals surface area contributed by atoms with Gasteiger partial charge >= 0.3 is 0 Å². The number of hydrogen-bond donors (Lipinski definition) is 1. The molecule has 0 aliphatic carbocycles. The minimum absolute atomic E-state index is 0.0123. The molecule has 13 heavy (non-hydrogen) atoms. The molecule has 72 valence electrons. The molecule has 1 aromatic rings. The summed E-state index contributed by atoms with van der Waals surface area (Å²) >= 11 is 0. The van der Waals surface area contributed by atoms with Gasteiger partial charge in [-0.05, 0) is 25.0 Å². The number of rotatable bonds is 5. The topological polar surface area (TPSA) is 39.2 Å². The highest BCUT2D eigenvalue weighted by atomic mass is 16.3. The summed E-state index contributed by atoms with van der Waals surface area (Å²) in [5, 5.41) is 0. The Balaban J connectivity index is 2.54. The highest BCUT2D eigenvalue weighted by Crippen LogP contribution is 2.18. The molecule has 0 aliphatic heterocycles. The maximum Gasteiger partial charge on any atom is 0.120 e. The van der Waals surface area contributed by atoms with Crippen LogP contribution in [-0.2, 0) is 6.42 Å². The van der Waals surface area contributed by atoms with Crippen LogP contribution >= 0.6 is 0 Å². The smallest absolute Gasteiger partial charge is 0.120 e. The Morgan fingerprint density at radius 2 is 2.38 bits per heavy atom. The van der Waals surface area contributed by atoms with E-state index in [2.05, 4.69) is 13.5 Å². The molecule has 2 nitrogen and oxygen atoms in total. The van der Waals surface area contributed by atoms with Crippen molar-refractivity contribution < 1.29 is 4.42 Å². The van der Waals surface area contributed by atoms with Gasteiger partial charge in [-0.3, -0.25) is 0 Å². The molecule has 0 amide bonds. The van der Waals surface area contributed by atoms with Crippen molar-refractivity contribution in [2.75, 3.05) is 0 Å². The van der Waals surface area contributed by atoms with Gasteiger partial charge in [-0.15, -0.1) is 6.58 Å². The van der Waals surface area contributed by atoms with Gasteiger partial charge in [0.25, 0.3) is 0 Å². The van der Waals surface area contributed by atoms with Gasteiger partial charge in [0.2, 0.25) is 0 Å². The summed E-state index contributed by atoms with van der Waals surface area (Å²) in [7, 11) is 0. The standard InChI is InChI=1S/C11H17NO/c1-3-5-6-10(12)11-8-7-9(4-2)13-11/h3,7-8,10H,1,4-6,12H2,2H3/t10-/m1/s1. The predicted molar refractivity (Wildman–Crippen MR) is 54.4 cm³/mol. The Hall–Kier alpha value is -1.02. The van der Waals surface area contributed by atoms with E-state index < -0.39 is 0 Å². The Bertz CT molecular complexity index is 265. The van der Waals surface area contributed by atoms with Gasteiger partial charge in [-0.2, -0.15) is 0 Å². The SMILES string of the molecule is C=CCC[C@@H](N)c1ccc(CC)o1. The number of furan rings is 1. The van der Waals surface area contributed by atoms with Crippen molar-refractivity contribution in [1.29, 1.82) is 0 Å². The van der Waals surface area contributed by atoms with Crippen LogP contribution in [0.5, 0.6) is 0 Å². The lowest BCUT2D eigenvalue weighted by molar-refractivity contribution is 0.426. The van der Waals surface area contributed by atoms with Crippen LogP contribution in [0.4, 0.5) is 0 Å². The minimum atomic E-state index is 0.0123. The Labute approximate surface area is 79.4 Å². The number of nitrogens with two attached hydrogens (primary N) is 1. The lowest BCUT2D eigenvalue weighted by Crippen LogP contribution is -2.08. The summed E-state index contributed by atoms with van der Waals surface area (Å²) in [6.07, 6.45) is 4.64. The first-order chi connectivity index (χ1) is 6.27. The molecular formula is C11H17NO. The van der Waals surface area contributed by atoms with E-state index in [9.17, 15) is 0 Å². The van der Waals surface area contributed by atoms with Gasteiger partial charge < -0.3 is 10.2 Å². The average molecular weight is 179 g/mol. The molecule has 1 heterocycles. The molecule has 1 rings (SSSR count). The van der Waals surface area contributed by atoms with E-state index in [4.69, 9.17) is 10.2 Å². The van der Waals surface area contributed by atoms with Crippen LogP contribution in [-0.4, -0.2) is 0 Å². The van der Waals surface area contributed by atoms with Crippen molar-refractivity contribution in [3.63, 3.8) is 0 Å². The molecule has 0 aromatic carbocycles. The van der Waals surface area contributed by atoms with Crippen molar-refractivity contribution >= 4 is 0 Å². The van der Waals surface area contributed by atoms with E-state index in [1.165, 1.54) is 0 Å². The van der Waals surface area contributed by atoms with Crippen molar-refractivity contribution in [3.8, 4) is 0 Å². The van der Waals surface area contributed by atoms with Crippen molar-refractivity contribution in [1.82, 2.24) is 0 Å². The molecule has 0 unspecified atom stereocenters. The number of aryl methyl sites for hydroxylation is 1. The fourth-order valence-electron chi connectivity index (χ4n) is 1.22. The van der Waals surface area contributed by atoms with E-state index in [1.54, 1.807) is 0 Å². The third-order valence-electron chi connectivity index (χ3n) is 2.08. The summed E-state index contributed by atoms with van der Waals surface area (Å²) < 4.78 is 5.53. The van der Waals surface area contributed by atoms with Gasteiger partial charge in [0.1, 0.15) is 11.5 Å². The lowest BCUT2D eigenvalue weighted by Gasteiger charge is -2.05. The fraction of sp³-hybridized carbons (Fsp3) is 0.455. The average Bonchev–Trinajstić information content (AvgIpc) is 2.62. The molecule has 0 saturated carbocycles. The molecule has 0 aliphatic rings. The summed E-state index contributed by atoms with van der Waals surface area (Å²) in [5.41, 5.74) is 5.91. The van der Waals surface area contributed by atoms with Gasteiger partial charge in [-0.25, -0.2) is 0 Å². The first-order valence-electron chi connectivity index (χ1n) is 4.73. The third kappa shape index (κ3) is 2.74. The van der Waals surface area contributed by atoms with Gasteiger partial charge in [0, 0.05) is 6.42 Å². The van der Waals surface area contributed by atoms with Crippen LogP contribution in [0.15, 0.2) is 29.2 Å². The van der Waals surface area contributed by atoms with Gasteiger partial charge in [0.15, 0.2) is 0 Å². The summed E-state index contributed by atoms with van der Waals surface area (Å²) in [4.78, 5) is 0. The molecule has 2 N–H and O–H groups in total. The van der Waals surface area contributed by atoms with Crippen LogP contribution < -0.4 is 5.73 Å². The van der Waals surface area contributed by atoms with Crippen molar-refractivity contribution in [2.45, 2.75) is 32.2 Å². The monoisotopic (exact) mass is 179 g/mol. The summed E-state index contributed by atoms with van der Waals surface area (Å²) in [5.74, 6) is 1.89. The lowest BCUT2D eigenvalue weighted by atomic mass is 10.1. The van der Waals surface area contributed by atoms with E-state index in [-0.39, 0.29) is 6.04 Å². The minimum Gasteiger partial charge on any atom is -0.464 e. The zero-order chi connectivity index (χ0) is 9.68. The molecular weight excluding hydrogens is 162 g/mol. The van der Waals surface area contributed by atoms with Gasteiger partial charge in [0.05, 0.1) is 6.04 Å². The molecule has 1 aromatic heterocycles. The zero-order valence-corrected chi connectivity index (χ0v) is 8.12. The number of hydrogen-bond acceptors (Lipinski definition) is 2. The predicted octanol–water partition coefficient (Wildman–Crippen LogP) is 2.81. The molecule has 2 heteroatoms. The number of allylic oxidation sites excluding steroid dienone is 1. The first-order valence-corrected chi connectivity index (χ1v) is 4.73. The molecule has 0 spiro atoms. The van der Waals surface area contributed by atoms with Crippen LogP contribution in [0.1, 0.15) is 37.3 Å². The van der Waals surface area contributed by atoms with E-state index in [1.807, 2.05) is 18.2 Å². The normalized spacial score (nSPS) is 12.8. The summed E-state index contributed by atoms with van der Waals surface area (Å²) in [6.45, 7) is 5.73. The Kier molecular flexibility index (Phi) is 3.77.